The molecule has 0 fully saturated rings. The molecule has 0 bridgehead atoms. The number of esters is 1. The van der Waals surface area contributed by atoms with Crippen LogP contribution in [0.5, 0.6) is 5.75 Å². The number of hydroxylamine groups is 2. The lowest BCUT2D eigenvalue weighted by atomic mass is 9.97. The van der Waals surface area contributed by atoms with Gasteiger partial charge in [0, 0.05) is 21.7 Å². The topological polar surface area (TPSA) is 89.2 Å². The lowest BCUT2D eigenvalue weighted by Crippen LogP contribution is -2.46. The number of fused-ring (bicyclic) bond motifs is 1. The first-order chi connectivity index (χ1) is 21.9. The lowest BCUT2D eigenvalue weighted by Gasteiger charge is -2.34. The van der Waals surface area contributed by atoms with Crippen molar-refractivity contribution in [3.63, 3.8) is 0 Å². The first kappa shape index (κ1) is 30.1. The fourth-order valence-electron chi connectivity index (χ4n) is 5.22. The summed E-state index contributed by atoms with van der Waals surface area (Å²) in [6, 6.07) is 31.3. The van der Waals surface area contributed by atoms with Gasteiger partial charge < -0.3 is 19.1 Å². The van der Waals surface area contributed by atoms with E-state index in [1.165, 1.54) is 29.8 Å². The van der Waals surface area contributed by atoms with Crippen LogP contribution in [0.3, 0.4) is 0 Å². The molecule has 0 aliphatic rings. The second kappa shape index (κ2) is 13.4. The van der Waals surface area contributed by atoms with Crippen LogP contribution < -0.4 is 0 Å². The minimum Gasteiger partial charge on any atom is -0.508 e. The number of hydrogen-bond acceptors (Lipinski definition) is 8. The van der Waals surface area contributed by atoms with Gasteiger partial charge in [0.15, 0.2) is 0 Å². The molecule has 0 amide bonds. The number of halogens is 1. The molecule has 2 aromatic heterocycles. The molecule has 6 rings (SSSR count). The third kappa shape index (κ3) is 6.78. The Morgan fingerprint density at radius 2 is 1.62 bits per heavy atom. The molecular formula is C36H28ClNO6S. The molecule has 2 heterocycles. The number of methoxy groups -OCH3 is 1. The first-order valence-electron chi connectivity index (χ1n) is 14.1. The summed E-state index contributed by atoms with van der Waals surface area (Å²) in [5, 5.41) is 12.8. The van der Waals surface area contributed by atoms with Crippen LogP contribution in [0.25, 0.3) is 21.2 Å². The number of rotatable bonds is 10. The number of benzene rings is 4. The van der Waals surface area contributed by atoms with E-state index in [2.05, 4.69) is 0 Å². The maximum absolute atomic E-state index is 14.0. The van der Waals surface area contributed by atoms with Gasteiger partial charge in [0.1, 0.15) is 22.7 Å². The molecule has 0 saturated carbocycles. The van der Waals surface area contributed by atoms with Crippen LogP contribution >= 0.6 is 22.9 Å². The van der Waals surface area contributed by atoms with Crippen molar-refractivity contribution in [2.45, 2.75) is 18.5 Å². The second-order valence-electron chi connectivity index (χ2n) is 10.4. The summed E-state index contributed by atoms with van der Waals surface area (Å²) in [4.78, 5) is 34.0. The summed E-state index contributed by atoms with van der Waals surface area (Å²) in [5.41, 5.74) is 4.18. The fraction of sp³-hybridized carbons (Fsp3) is 0.111. The van der Waals surface area contributed by atoms with Crippen molar-refractivity contribution in [3.8, 4) is 16.9 Å². The molecule has 0 radical (unpaired) electrons. The molecular weight excluding hydrogens is 610 g/mol. The highest BCUT2D eigenvalue weighted by atomic mass is 35.5. The normalized spacial score (nSPS) is 12.6. The molecule has 0 aliphatic heterocycles. The highest BCUT2D eigenvalue weighted by Gasteiger charge is 2.38. The molecule has 0 spiro atoms. The second-order valence-corrected chi connectivity index (χ2v) is 11.9. The zero-order valence-electron chi connectivity index (χ0n) is 24.1. The number of ether oxygens (including phenoxy) is 1. The van der Waals surface area contributed by atoms with E-state index < -0.39 is 24.0 Å². The molecule has 226 valence electrons. The van der Waals surface area contributed by atoms with Gasteiger partial charge in [-0.15, -0.1) is 16.4 Å². The van der Waals surface area contributed by atoms with E-state index in [1.54, 1.807) is 42.7 Å². The maximum atomic E-state index is 14.0. The van der Waals surface area contributed by atoms with Crippen LogP contribution in [0.2, 0.25) is 5.02 Å². The van der Waals surface area contributed by atoms with E-state index in [9.17, 15) is 14.7 Å². The molecule has 6 aromatic rings. The predicted molar refractivity (Wildman–Crippen MR) is 174 cm³/mol. The van der Waals surface area contributed by atoms with Crippen LogP contribution in [0.15, 0.2) is 126 Å². The summed E-state index contributed by atoms with van der Waals surface area (Å²) < 4.78 is 11.6. The Balaban J connectivity index is 1.40. The number of carbonyl (C=O) groups excluding carboxylic acids is 2. The van der Waals surface area contributed by atoms with Gasteiger partial charge in [-0.2, -0.15) is 0 Å². The molecule has 9 heteroatoms. The van der Waals surface area contributed by atoms with Crippen LogP contribution in [-0.2, 0) is 20.8 Å². The van der Waals surface area contributed by atoms with Crippen molar-refractivity contribution < 1.29 is 28.7 Å². The smallest absolute Gasteiger partial charge is 0.367 e. The number of phenols is 1. The summed E-state index contributed by atoms with van der Waals surface area (Å²) in [6.07, 6.45) is 3.23. The largest absolute Gasteiger partial charge is 0.508 e. The van der Waals surface area contributed by atoms with Crippen LogP contribution in [0.1, 0.15) is 32.4 Å². The number of nitrogens with zero attached hydrogens (tertiary/aromatic N) is 1. The Labute approximate surface area is 268 Å². The third-order valence-corrected chi connectivity index (χ3v) is 8.81. The highest BCUT2D eigenvalue weighted by molar-refractivity contribution is 7.20. The standard InChI is InChI=1S/C36H28ClNO6S/c1-42-35(40)31(19-23-7-14-30(39)15-8-23)38(34(27-17-18-43-22-27)25-5-3-2-4-6-25)44-36(41)33-21-28-20-26(11-16-32(28)45-33)24-9-12-29(37)13-10-24/h2-18,20-22,31,34,39H,19H2,1H3/t31-,34?/m0/s1. The van der Waals surface area contributed by atoms with Crippen LogP contribution in [-0.4, -0.2) is 35.3 Å². The van der Waals surface area contributed by atoms with Crippen molar-refractivity contribution in [1.29, 1.82) is 0 Å². The number of hydrogen-bond donors (Lipinski definition) is 1. The highest BCUT2D eigenvalue weighted by Crippen LogP contribution is 2.35. The van der Waals surface area contributed by atoms with E-state index in [0.717, 1.165) is 32.3 Å². The van der Waals surface area contributed by atoms with Gasteiger partial charge in [0.25, 0.3) is 0 Å². The van der Waals surface area contributed by atoms with Crippen LogP contribution in [0.4, 0.5) is 0 Å². The van der Waals surface area contributed by atoms with Crippen molar-refractivity contribution in [2.24, 2.45) is 0 Å². The number of phenolic OH excluding ortho intramolecular Hbond substituents is 1. The molecule has 7 nitrogen and oxygen atoms in total. The third-order valence-electron chi connectivity index (χ3n) is 7.46. The number of aromatic hydroxyl groups is 1. The first-order valence-corrected chi connectivity index (χ1v) is 15.3. The van der Waals surface area contributed by atoms with Crippen LogP contribution in [0, 0.1) is 0 Å². The van der Waals surface area contributed by atoms with Gasteiger partial charge in [0.2, 0.25) is 0 Å². The van der Waals surface area contributed by atoms with Crippen molar-refractivity contribution in [3.05, 3.63) is 148 Å². The Kier molecular flexibility index (Phi) is 8.98. The Hall–Kier alpha value is -4.89. The Bertz CT molecular complexity index is 1900. The summed E-state index contributed by atoms with van der Waals surface area (Å²) >= 11 is 7.38. The molecule has 2 atom stereocenters. The van der Waals surface area contributed by atoms with Crippen molar-refractivity contribution in [2.75, 3.05) is 7.11 Å². The average Bonchev–Trinajstić information content (AvgIpc) is 3.75. The minimum atomic E-state index is -1.05. The fourth-order valence-corrected chi connectivity index (χ4v) is 6.26. The van der Waals surface area contributed by atoms with E-state index in [4.69, 9.17) is 25.6 Å². The predicted octanol–water partition coefficient (Wildman–Crippen LogP) is 8.47. The SMILES string of the molecule is COC(=O)[C@H](Cc1ccc(O)cc1)N(OC(=O)c1cc2cc(-c3ccc(Cl)cc3)ccc2s1)C(c1ccccc1)c1ccoc1. The van der Waals surface area contributed by atoms with E-state index in [0.29, 0.717) is 15.5 Å². The number of thiophene rings is 1. The number of furan rings is 1. The van der Waals surface area contributed by atoms with Gasteiger partial charge in [0.05, 0.1) is 19.6 Å². The molecule has 1 N–H and O–H groups in total. The van der Waals surface area contributed by atoms with Gasteiger partial charge in [-0.1, -0.05) is 72.3 Å². The van der Waals surface area contributed by atoms with E-state index in [1.807, 2.05) is 72.8 Å². The van der Waals surface area contributed by atoms with Gasteiger partial charge in [-0.3, -0.25) is 4.79 Å². The zero-order valence-corrected chi connectivity index (χ0v) is 25.7. The molecule has 4 aromatic carbocycles. The summed E-state index contributed by atoms with van der Waals surface area (Å²) in [5.74, 6) is -1.11. The summed E-state index contributed by atoms with van der Waals surface area (Å²) in [6.45, 7) is 0. The van der Waals surface area contributed by atoms with Crippen molar-refractivity contribution in [1.82, 2.24) is 5.06 Å². The van der Waals surface area contributed by atoms with Gasteiger partial charge >= 0.3 is 11.9 Å². The number of carbonyl (C=O) groups is 2. The Morgan fingerprint density at radius 3 is 2.31 bits per heavy atom. The van der Waals surface area contributed by atoms with E-state index >= 15 is 0 Å². The molecule has 0 aliphatic carbocycles. The minimum absolute atomic E-state index is 0.0983. The van der Waals surface area contributed by atoms with E-state index in [-0.39, 0.29) is 12.2 Å². The Morgan fingerprint density at radius 1 is 0.889 bits per heavy atom. The molecule has 0 saturated heterocycles. The zero-order chi connectivity index (χ0) is 31.3. The molecule has 1 unspecified atom stereocenters. The monoisotopic (exact) mass is 637 g/mol. The molecule has 45 heavy (non-hydrogen) atoms. The average molecular weight is 638 g/mol. The van der Waals surface area contributed by atoms with Gasteiger partial charge in [-0.25, -0.2) is 4.79 Å². The quantitative estimate of drug-likeness (QED) is 0.119. The maximum Gasteiger partial charge on any atom is 0.367 e. The van der Waals surface area contributed by atoms with Crippen molar-refractivity contribution >= 4 is 45.0 Å². The summed E-state index contributed by atoms with van der Waals surface area (Å²) in [7, 11) is 1.30. The van der Waals surface area contributed by atoms with Gasteiger partial charge in [-0.05, 0) is 76.2 Å². The lowest BCUT2D eigenvalue weighted by molar-refractivity contribution is -0.184.